The van der Waals surface area contributed by atoms with Gasteiger partial charge in [-0.1, -0.05) is 35.5 Å². The Morgan fingerprint density at radius 1 is 1.45 bits per heavy atom. The molecule has 0 bridgehead atoms. The van der Waals surface area contributed by atoms with Crippen molar-refractivity contribution in [3.8, 4) is 17.3 Å². The van der Waals surface area contributed by atoms with Crippen molar-refractivity contribution in [3.63, 3.8) is 0 Å². The molecule has 0 spiro atoms. The molecule has 3 rings (SSSR count). The van der Waals surface area contributed by atoms with E-state index in [0.717, 1.165) is 17.3 Å². The third kappa shape index (κ3) is 5.43. The van der Waals surface area contributed by atoms with Crippen molar-refractivity contribution in [1.82, 2.24) is 15.1 Å². The Balaban J connectivity index is 1.81. The minimum atomic E-state index is -1.06. The molecule has 0 aliphatic carbocycles. The van der Waals surface area contributed by atoms with Gasteiger partial charge in [-0.05, 0) is 12.1 Å². The van der Waals surface area contributed by atoms with Gasteiger partial charge in [0.05, 0.1) is 31.7 Å². The number of carboxylic acids is 1. The quantitative estimate of drug-likeness (QED) is 0.512. The summed E-state index contributed by atoms with van der Waals surface area (Å²) in [6.07, 6.45) is 3.27. The van der Waals surface area contributed by atoms with E-state index >= 15 is 0 Å². The number of amidine groups is 1. The Kier molecular flexibility index (Phi) is 6.64. The summed E-state index contributed by atoms with van der Waals surface area (Å²) in [5.41, 5.74) is 2.14. The number of thioether (sulfide) groups is 1. The molecule has 148 valence electrons. The van der Waals surface area contributed by atoms with Gasteiger partial charge in [0, 0.05) is 22.3 Å². The summed E-state index contributed by atoms with van der Waals surface area (Å²) in [5, 5.41) is 32.7. The van der Waals surface area contributed by atoms with E-state index in [9.17, 15) is 9.59 Å². The highest BCUT2D eigenvalue weighted by Crippen LogP contribution is 2.24. The number of amides is 1. The van der Waals surface area contributed by atoms with Crippen LogP contribution in [0.25, 0.3) is 11.3 Å². The number of rotatable bonds is 7. The smallest absolute Gasteiger partial charge is 0.305 e. The Hall–Kier alpha value is -3.16. The fraction of sp³-hybridized carbons (Fsp3) is 0.222. The number of carbonyl (C=O) groups is 2. The molecule has 2 N–H and O–H groups in total. The standard InChI is InChI=1S/C18H15ClN6O3S/c19-13-4-2-11(3-5-13)16-12(10-25(24-16)7-1-6-20)9-21-23-18-22-17(28)14(29-18)8-15(26)27/h2-5,9-10,14H,1,7-8H2,(H,26,27)(H,22,23,28)/b21-9-/t14-/m0/s1. The van der Waals surface area contributed by atoms with Crippen molar-refractivity contribution in [2.75, 3.05) is 0 Å². The van der Waals surface area contributed by atoms with Crippen LogP contribution >= 0.6 is 23.4 Å². The van der Waals surface area contributed by atoms with Crippen LogP contribution in [0.3, 0.4) is 0 Å². The van der Waals surface area contributed by atoms with Crippen LogP contribution in [-0.2, 0) is 16.1 Å². The molecule has 1 saturated heterocycles. The van der Waals surface area contributed by atoms with Gasteiger partial charge in [-0.25, -0.2) is 0 Å². The molecule has 1 atom stereocenters. The Morgan fingerprint density at radius 2 is 2.21 bits per heavy atom. The lowest BCUT2D eigenvalue weighted by Gasteiger charge is -1.99. The third-order valence-corrected chi connectivity index (χ3v) is 5.17. The van der Waals surface area contributed by atoms with Crippen LogP contribution in [0.2, 0.25) is 5.02 Å². The van der Waals surface area contributed by atoms with Gasteiger partial charge in [0.25, 0.3) is 0 Å². The van der Waals surface area contributed by atoms with Gasteiger partial charge in [-0.15, -0.1) is 5.10 Å². The molecule has 1 fully saturated rings. The number of nitrogens with one attached hydrogen (secondary N) is 1. The minimum absolute atomic E-state index is 0.238. The SMILES string of the molecule is N#CCCn1cc(/C=N\N=C2\NC(=O)[C@H](CC(=O)O)S2)c(-c2ccc(Cl)cc2)n1. The van der Waals surface area contributed by atoms with E-state index in [1.54, 1.807) is 23.0 Å². The molecule has 11 heteroatoms. The van der Waals surface area contributed by atoms with Crippen LogP contribution in [0, 0.1) is 11.3 Å². The third-order valence-electron chi connectivity index (χ3n) is 3.84. The molecule has 0 radical (unpaired) electrons. The Labute approximate surface area is 175 Å². The largest absolute Gasteiger partial charge is 0.481 e. The van der Waals surface area contributed by atoms with Crippen molar-refractivity contribution >= 4 is 46.6 Å². The molecule has 9 nitrogen and oxygen atoms in total. The number of nitrogens with zero attached hydrogens (tertiary/aromatic N) is 5. The zero-order valence-electron chi connectivity index (χ0n) is 14.9. The molecule has 0 saturated carbocycles. The first-order valence-corrected chi connectivity index (χ1v) is 9.72. The van der Waals surface area contributed by atoms with Crippen LogP contribution in [0.4, 0.5) is 0 Å². The first-order chi connectivity index (χ1) is 14.0. The average molecular weight is 431 g/mol. The molecule has 2 aromatic rings. The number of aliphatic carboxylic acids is 1. The maximum absolute atomic E-state index is 11.7. The zero-order valence-corrected chi connectivity index (χ0v) is 16.5. The van der Waals surface area contributed by atoms with Gasteiger partial charge in [-0.2, -0.15) is 15.5 Å². The van der Waals surface area contributed by atoms with E-state index in [1.165, 1.54) is 6.21 Å². The molecule has 2 heterocycles. The van der Waals surface area contributed by atoms with Gasteiger partial charge < -0.3 is 10.4 Å². The molecular formula is C18H15ClN6O3S. The van der Waals surface area contributed by atoms with E-state index in [0.29, 0.717) is 29.2 Å². The number of nitriles is 1. The summed E-state index contributed by atoms with van der Waals surface area (Å²) in [4.78, 5) is 22.5. The van der Waals surface area contributed by atoms with E-state index in [-0.39, 0.29) is 11.6 Å². The van der Waals surface area contributed by atoms with Crippen LogP contribution in [0.1, 0.15) is 18.4 Å². The second kappa shape index (κ2) is 9.36. The van der Waals surface area contributed by atoms with Crippen LogP contribution in [-0.4, -0.2) is 43.4 Å². The van der Waals surface area contributed by atoms with Crippen LogP contribution in [0.5, 0.6) is 0 Å². The average Bonchev–Trinajstić information content (AvgIpc) is 3.24. The number of carbonyl (C=O) groups excluding carboxylic acids is 1. The zero-order chi connectivity index (χ0) is 20.8. The molecule has 1 aromatic carbocycles. The van der Waals surface area contributed by atoms with E-state index in [4.69, 9.17) is 22.0 Å². The van der Waals surface area contributed by atoms with Crippen molar-refractivity contribution in [3.05, 3.63) is 41.0 Å². The number of hydrogen-bond acceptors (Lipinski definition) is 7. The van der Waals surface area contributed by atoms with E-state index < -0.39 is 17.1 Å². The normalized spacial score (nSPS) is 17.6. The summed E-state index contributed by atoms with van der Waals surface area (Å²) < 4.78 is 1.65. The summed E-state index contributed by atoms with van der Waals surface area (Å²) in [7, 11) is 0. The maximum Gasteiger partial charge on any atom is 0.305 e. The first-order valence-electron chi connectivity index (χ1n) is 8.47. The monoisotopic (exact) mass is 430 g/mol. The Bertz CT molecular complexity index is 1030. The predicted octanol–water partition coefficient (Wildman–Crippen LogP) is 2.51. The molecule has 1 aromatic heterocycles. The first kappa shape index (κ1) is 20.6. The summed E-state index contributed by atoms with van der Waals surface area (Å²) in [5.74, 6) is -1.46. The van der Waals surface area contributed by atoms with Crippen LogP contribution < -0.4 is 5.32 Å². The summed E-state index contributed by atoms with van der Waals surface area (Å²) in [6.45, 7) is 0.433. The maximum atomic E-state index is 11.7. The highest BCUT2D eigenvalue weighted by atomic mass is 35.5. The number of aromatic nitrogens is 2. The second-order valence-electron chi connectivity index (χ2n) is 5.95. The Morgan fingerprint density at radius 3 is 2.90 bits per heavy atom. The molecular weight excluding hydrogens is 416 g/mol. The summed E-state index contributed by atoms with van der Waals surface area (Å²) in [6, 6.07) is 9.23. The summed E-state index contributed by atoms with van der Waals surface area (Å²) >= 11 is 6.97. The molecule has 1 amide bonds. The van der Waals surface area contributed by atoms with Gasteiger partial charge >= 0.3 is 5.97 Å². The van der Waals surface area contributed by atoms with Crippen molar-refractivity contribution in [2.24, 2.45) is 10.2 Å². The van der Waals surface area contributed by atoms with Crippen molar-refractivity contribution in [1.29, 1.82) is 5.26 Å². The fourth-order valence-corrected chi connectivity index (χ4v) is 3.57. The van der Waals surface area contributed by atoms with Gasteiger partial charge in [0.1, 0.15) is 10.9 Å². The number of hydrogen-bond donors (Lipinski definition) is 2. The van der Waals surface area contributed by atoms with Crippen molar-refractivity contribution < 1.29 is 14.7 Å². The molecule has 1 aliphatic heterocycles. The minimum Gasteiger partial charge on any atom is -0.481 e. The molecule has 0 unspecified atom stereocenters. The topological polar surface area (TPSA) is 133 Å². The fourth-order valence-electron chi connectivity index (χ4n) is 2.53. The number of carboxylic acid groups (broad SMARTS) is 1. The molecule has 1 aliphatic rings. The predicted molar refractivity (Wildman–Crippen MR) is 110 cm³/mol. The highest BCUT2D eigenvalue weighted by molar-refractivity contribution is 8.15. The molecule has 29 heavy (non-hydrogen) atoms. The van der Waals surface area contributed by atoms with E-state index in [1.807, 2.05) is 12.1 Å². The lowest BCUT2D eigenvalue weighted by atomic mass is 10.1. The second-order valence-corrected chi connectivity index (χ2v) is 7.58. The number of halogens is 1. The van der Waals surface area contributed by atoms with Gasteiger partial charge in [0.15, 0.2) is 5.17 Å². The number of aryl methyl sites for hydroxylation is 1. The lowest BCUT2D eigenvalue weighted by Crippen LogP contribution is -2.26. The highest BCUT2D eigenvalue weighted by Gasteiger charge is 2.32. The van der Waals surface area contributed by atoms with Gasteiger partial charge in [-0.3, -0.25) is 14.3 Å². The van der Waals surface area contributed by atoms with Crippen molar-refractivity contribution in [2.45, 2.75) is 24.6 Å². The number of benzene rings is 1. The lowest BCUT2D eigenvalue weighted by molar-refractivity contribution is -0.138. The van der Waals surface area contributed by atoms with Crippen LogP contribution in [0.15, 0.2) is 40.7 Å². The van der Waals surface area contributed by atoms with E-state index in [2.05, 4.69) is 26.7 Å². The van der Waals surface area contributed by atoms with Gasteiger partial charge in [0.2, 0.25) is 5.91 Å².